The van der Waals surface area contributed by atoms with Gasteiger partial charge in [-0.2, -0.15) is 0 Å². The van der Waals surface area contributed by atoms with Crippen LogP contribution in [0.3, 0.4) is 0 Å². The predicted octanol–water partition coefficient (Wildman–Crippen LogP) is 1.19. The van der Waals surface area contributed by atoms with Crippen molar-refractivity contribution in [3.8, 4) is 0 Å². The summed E-state index contributed by atoms with van der Waals surface area (Å²) in [6, 6.07) is 3.22. The predicted molar refractivity (Wildman–Crippen MR) is 75.1 cm³/mol. The van der Waals surface area contributed by atoms with Gasteiger partial charge < -0.3 is 10.6 Å². The number of halogens is 2. The van der Waals surface area contributed by atoms with Crippen molar-refractivity contribution < 1.29 is 17.6 Å². The minimum Gasteiger partial charge on any atom is -0.325 e. The summed E-state index contributed by atoms with van der Waals surface area (Å²) in [5.74, 6) is -0.909. The lowest BCUT2D eigenvalue weighted by atomic mass is 10.2. The van der Waals surface area contributed by atoms with E-state index in [1.165, 1.54) is 12.1 Å². The highest BCUT2D eigenvalue weighted by Crippen LogP contribution is 2.22. The molecule has 0 aromatic heterocycles. The molecule has 1 aromatic rings. The van der Waals surface area contributed by atoms with E-state index in [2.05, 4.69) is 10.6 Å². The molecule has 0 aliphatic carbocycles. The summed E-state index contributed by atoms with van der Waals surface area (Å²) in [5.41, 5.74) is 0.176. The average Bonchev–Trinajstić information content (AvgIpc) is 2.32. The van der Waals surface area contributed by atoms with E-state index in [0.29, 0.717) is 6.54 Å². The van der Waals surface area contributed by atoms with Crippen molar-refractivity contribution in [1.29, 1.82) is 0 Å². The monoisotopic (exact) mass is 320 g/mol. The van der Waals surface area contributed by atoms with Gasteiger partial charge in [0.05, 0.1) is 22.2 Å². The first kappa shape index (κ1) is 15.2. The zero-order chi connectivity index (χ0) is 14.8. The van der Waals surface area contributed by atoms with E-state index in [0.717, 1.165) is 6.07 Å². The molecule has 0 radical (unpaired) electrons. The average molecular weight is 321 g/mol. The zero-order valence-corrected chi connectivity index (χ0v) is 12.1. The second-order valence-electron chi connectivity index (χ2n) is 4.64. The molecule has 2 rings (SSSR count). The second kappa shape index (κ2) is 6.07. The van der Waals surface area contributed by atoms with E-state index in [9.17, 15) is 17.6 Å². The maximum absolute atomic E-state index is 13.1. The highest BCUT2D eigenvalue weighted by molar-refractivity contribution is 7.91. The van der Waals surface area contributed by atoms with Gasteiger partial charge >= 0.3 is 0 Å². The van der Waals surface area contributed by atoms with Crippen LogP contribution in [-0.4, -0.2) is 38.4 Å². The third-order valence-electron chi connectivity index (χ3n) is 2.94. The van der Waals surface area contributed by atoms with Crippen molar-refractivity contribution in [3.05, 3.63) is 29.0 Å². The summed E-state index contributed by atoms with van der Waals surface area (Å²) in [4.78, 5) is 11.8. The maximum atomic E-state index is 13.1. The van der Waals surface area contributed by atoms with Gasteiger partial charge in [0.1, 0.15) is 5.82 Å². The number of carbonyl (C=O) groups excluding carboxylic acids is 1. The van der Waals surface area contributed by atoms with Gasteiger partial charge in [-0.15, -0.1) is 0 Å². The third kappa shape index (κ3) is 4.16. The number of amides is 1. The number of hydrogen-bond acceptors (Lipinski definition) is 4. The molecule has 1 fully saturated rings. The highest BCUT2D eigenvalue weighted by atomic mass is 35.5. The Hall–Kier alpha value is -1.18. The third-order valence-corrected chi connectivity index (χ3v) is 5.00. The molecule has 20 heavy (non-hydrogen) atoms. The van der Waals surface area contributed by atoms with Crippen LogP contribution in [0, 0.1) is 5.82 Å². The first-order valence-corrected chi connectivity index (χ1v) is 8.24. The molecule has 0 bridgehead atoms. The summed E-state index contributed by atoms with van der Waals surface area (Å²) in [6.07, 6.45) is -0.00786. The van der Waals surface area contributed by atoms with Gasteiger partial charge in [0, 0.05) is 19.0 Å². The molecular weight excluding hydrogens is 307 g/mol. The van der Waals surface area contributed by atoms with Crippen molar-refractivity contribution >= 4 is 33.0 Å². The van der Waals surface area contributed by atoms with Crippen LogP contribution in [0.1, 0.15) is 6.42 Å². The molecule has 1 amide bonds. The Kier molecular flexibility index (Phi) is 4.62. The number of anilines is 1. The minimum absolute atomic E-state index is 0.00786. The molecule has 1 aliphatic rings. The van der Waals surface area contributed by atoms with Gasteiger partial charge in [-0.3, -0.25) is 4.79 Å². The first-order chi connectivity index (χ1) is 9.35. The van der Waals surface area contributed by atoms with Crippen molar-refractivity contribution in [2.45, 2.75) is 12.5 Å². The SMILES string of the molecule is O=C(CC1CS(=O)(=O)CCN1)Nc1cc(F)ccc1Cl. The topological polar surface area (TPSA) is 75.3 Å². The normalized spacial score (nSPS) is 21.4. The smallest absolute Gasteiger partial charge is 0.226 e. The molecule has 1 saturated heterocycles. The van der Waals surface area contributed by atoms with Crippen LogP contribution in [0.2, 0.25) is 5.02 Å². The van der Waals surface area contributed by atoms with Crippen LogP contribution in [0.15, 0.2) is 18.2 Å². The van der Waals surface area contributed by atoms with Crippen LogP contribution in [0.5, 0.6) is 0 Å². The Morgan fingerprint density at radius 1 is 1.50 bits per heavy atom. The van der Waals surface area contributed by atoms with Crippen molar-refractivity contribution in [3.63, 3.8) is 0 Å². The largest absolute Gasteiger partial charge is 0.325 e. The van der Waals surface area contributed by atoms with Crippen LogP contribution in [0.4, 0.5) is 10.1 Å². The van der Waals surface area contributed by atoms with Crippen molar-refractivity contribution in [2.75, 3.05) is 23.4 Å². The fraction of sp³-hybridized carbons (Fsp3) is 0.417. The second-order valence-corrected chi connectivity index (χ2v) is 7.28. The van der Waals surface area contributed by atoms with Gasteiger partial charge in [-0.05, 0) is 18.2 Å². The Labute approximate surface area is 121 Å². The van der Waals surface area contributed by atoms with E-state index in [-0.39, 0.29) is 28.6 Å². The van der Waals surface area contributed by atoms with Gasteiger partial charge in [0.2, 0.25) is 5.91 Å². The molecule has 0 saturated carbocycles. The minimum atomic E-state index is -3.09. The van der Waals surface area contributed by atoms with Crippen LogP contribution in [0.25, 0.3) is 0 Å². The fourth-order valence-electron chi connectivity index (χ4n) is 2.02. The summed E-state index contributed by atoms with van der Waals surface area (Å²) in [6.45, 7) is 0.334. The molecule has 1 aromatic carbocycles. The van der Waals surface area contributed by atoms with E-state index < -0.39 is 27.6 Å². The summed E-state index contributed by atoms with van der Waals surface area (Å²) in [7, 11) is -3.09. The number of hydrogen-bond donors (Lipinski definition) is 2. The van der Waals surface area contributed by atoms with Crippen LogP contribution < -0.4 is 10.6 Å². The van der Waals surface area contributed by atoms with E-state index in [4.69, 9.17) is 11.6 Å². The van der Waals surface area contributed by atoms with Crippen LogP contribution >= 0.6 is 11.6 Å². The zero-order valence-electron chi connectivity index (χ0n) is 10.5. The molecule has 1 unspecified atom stereocenters. The quantitative estimate of drug-likeness (QED) is 0.877. The molecule has 110 valence electrons. The van der Waals surface area contributed by atoms with Gasteiger partial charge in [0.25, 0.3) is 0 Å². The van der Waals surface area contributed by atoms with E-state index in [1.54, 1.807) is 0 Å². The lowest BCUT2D eigenvalue weighted by Crippen LogP contribution is -2.46. The Balaban J connectivity index is 1.97. The maximum Gasteiger partial charge on any atom is 0.226 e. The first-order valence-electron chi connectivity index (χ1n) is 6.04. The highest BCUT2D eigenvalue weighted by Gasteiger charge is 2.26. The lowest BCUT2D eigenvalue weighted by Gasteiger charge is -2.23. The number of sulfone groups is 1. The van der Waals surface area contributed by atoms with Gasteiger partial charge in [-0.25, -0.2) is 12.8 Å². The lowest BCUT2D eigenvalue weighted by molar-refractivity contribution is -0.116. The molecule has 5 nitrogen and oxygen atoms in total. The summed E-state index contributed by atoms with van der Waals surface area (Å²) >= 11 is 5.84. The number of benzene rings is 1. The van der Waals surface area contributed by atoms with Gasteiger partial charge in [0.15, 0.2) is 9.84 Å². The van der Waals surface area contributed by atoms with E-state index >= 15 is 0 Å². The molecule has 8 heteroatoms. The summed E-state index contributed by atoms with van der Waals surface area (Å²) < 4.78 is 36.0. The molecular formula is C12H14ClFN2O3S. The van der Waals surface area contributed by atoms with Crippen molar-refractivity contribution in [1.82, 2.24) is 5.32 Å². The molecule has 2 N–H and O–H groups in total. The van der Waals surface area contributed by atoms with Crippen LogP contribution in [-0.2, 0) is 14.6 Å². The van der Waals surface area contributed by atoms with Gasteiger partial charge in [-0.1, -0.05) is 11.6 Å². The number of nitrogens with one attached hydrogen (secondary N) is 2. The summed E-state index contributed by atoms with van der Waals surface area (Å²) in [5, 5.41) is 5.68. The molecule has 1 aliphatic heterocycles. The number of rotatable bonds is 3. The van der Waals surface area contributed by atoms with E-state index in [1.807, 2.05) is 0 Å². The molecule has 0 spiro atoms. The Morgan fingerprint density at radius 2 is 2.25 bits per heavy atom. The Morgan fingerprint density at radius 3 is 2.95 bits per heavy atom. The molecule has 1 atom stereocenters. The fourth-order valence-corrected chi connectivity index (χ4v) is 3.63. The van der Waals surface area contributed by atoms with Crippen molar-refractivity contribution in [2.24, 2.45) is 0 Å². The number of carbonyl (C=O) groups is 1. The Bertz CT molecular complexity index is 621. The standard InChI is InChI=1S/C12H14ClFN2O3S/c13-10-2-1-8(14)5-11(10)16-12(17)6-9-7-20(18,19)4-3-15-9/h1-2,5,9,15H,3-4,6-7H2,(H,16,17). The molecule has 1 heterocycles.